The van der Waals surface area contributed by atoms with Gasteiger partial charge in [0.15, 0.2) is 0 Å². The second-order valence-corrected chi connectivity index (χ2v) is 3.74. The first-order valence-electron chi connectivity index (χ1n) is 5.42. The fourth-order valence-electron chi connectivity index (χ4n) is 1.50. The van der Waals surface area contributed by atoms with Crippen LogP contribution in [-0.4, -0.2) is 30.1 Å². The van der Waals surface area contributed by atoms with Crippen molar-refractivity contribution in [2.24, 2.45) is 0 Å². The minimum absolute atomic E-state index is 0.509. The minimum Gasteiger partial charge on any atom is -0.357 e. The second kappa shape index (κ2) is 5.53. The van der Waals surface area contributed by atoms with Gasteiger partial charge in [0.1, 0.15) is 5.82 Å². The summed E-state index contributed by atoms with van der Waals surface area (Å²) >= 11 is 0. The number of aromatic nitrogens is 2. The van der Waals surface area contributed by atoms with Crippen LogP contribution in [0.3, 0.4) is 0 Å². The number of nitrogens with one attached hydrogen (secondary N) is 1. The zero-order chi connectivity index (χ0) is 11.3. The molecule has 1 aromatic rings. The molecule has 1 atom stereocenters. The van der Waals surface area contributed by atoms with Gasteiger partial charge in [0.05, 0.1) is 0 Å². The molecule has 0 bridgehead atoms. The van der Waals surface area contributed by atoms with Gasteiger partial charge in [0.2, 0.25) is 5.95 Å². The van der Waals surface area contributed by atoms with Crippen molar-refractivity contribution in [1.82, 2.24) is 9.97 Å². The molecule has 4 nitrogen and oxygen atoms in total. The summed E-state index contributed by atoms with van der Waals surface area (Å²) in [4.78, 5) is 10.7. The van der Waals surface area contributed by atoms with Gasteiger partial charge in [-0.2, -0.15) is 4.98 Å². The van der Waals surface area contributed by atoms with Crippen molar-refractivity contribution in [1.29, 1.82) is 0 Å². The molecule has 15 heavy (non-hydrogen) atoms. The topological polar surface area (TPSA) is 41.1 Å². The molecular weight excluding hydrogens is 188 g/mol. The molecule has 0 aromatic carbocycles. The lowest BCUT2D eigenvalue weighted by molar-refractivity contribution is 0.611. The van der Waals surface area contributed by atoms with Crippen LogP contribution in [0.5, 0.6) is 0 Å². The highest BCUT2D eigenvalue weighted by molar-refractivity contribution is 5.42. The highest BCUT2D eigenvalue weighted by Gasteiger charge is 2.10. The fraction of sp³-hybridized carbons (Fsp3) is 0.636. The number of anilines is 2. The van der Waals surface area contributed by atoms with Crippen LogP contribution in [0, 0.1) is 0 Å². The summed E-state index contributed by atoms with van der Waals surface area (Å²) in [6, 6.07) is 2.45. The molecule has 0 fully saturated rings. The van der Waals surface area contributed by atoms with Crippen molar-refractivity contribution in [2.75, 3.05) is 24.3 Å². The number of hydrogen-bond donors (Lipinski definition) is 1. The highest BCUT2D eigenvalue weighted by Crippen LogP contribution is 2.15. The average Bonchev–Trinajstić information content (AvgIpc) is 2.28. The van der Waals surface area contributed by atoms with Gasteiger partial charge in [-0.15, -0.1) is 0 Å². The van der Waals surface area contributed by atoms with Crippen LogP contribution in [-0.2, 0) is 0 Å². The molecule has 84 valence electrons. The van der Waals surface area contributed by atoms with E-state index in [4.69, 9.17) is 0 Å². The molecule has 0 radical (unpaired) electrons. The molecule has 0 aliphatic heterocycles. The Hall–Kier alpha value is -1.32. The minimum atomic E-state index is 0.509. The van der Waals surface area contributed by atoms with Gasteiger partial charge in [0, 0.05) is 26.3 Å². The third-order valence-corrected chi connectivity index (χ3v) is 2.59. The Balaban J connectivity index is 2.76. The molecule has 1 heterocycles. The van der Waals surface area contributed by atoms with E-state index in [0.29, 0.717) is 12.0 Å². The smallest absolute Gasteiger partial charge is 0.224 e. The first kappa shape index (κ1) is 11.8. The van der Waals surface area contributed by atoms with Gasteiger partial charge in [-0.3, -0.25) is 0 Å². The Morgan fingerprint density at radius 2 is 2.27 bits per heavy atom. The van der Waals surface area contributed by atoms with Crippen LogP contribution in [0.4, 0.5) is 11.8 Å². The van der Waals surface area contributed by atoms with Gasteiger partial charge < -0.3 is 10.2 Å². The summed E-state index contributed by atoms with van der Waals surface area (Å²) in [7, 11) is 3.90. The summed E-state index contributed by atoms with van der Waals surface area (Å²) < 4.78 is 0. The monoisotopic (exact) mass is 208 g/mol. The summed E-state index contributed by atoms with van der Waals surface area (Å²) in [6.07, 6.45) is 4.15. The van der Waals surface area contributed by atoms with Crippen LogP contribution in [0.15, 0.2) is 12.3 Å². The molecule has 1 rings (SSSR count). The number of hydrogen-bond acceptors (Lipinski definition) is 4. The molecule has 1 N–H and O–H groups in total. The quantitative estimate of drug-likeness (QED) is 0.805. The van der Waals surface area contributed by atoms with Crippen LogP contribution in [0.1, 0.15) is 26.7 Å². The SMILES string of the molecule is CCCC(C)N(C)c1ccnc(NC)n1. The van der Waals surface area contributed by atoms with Crippen molar-refractivity contribution in [3.63, 3.8) is 0 Å². The summed E-state index contributed by atoms with van der Waals surface area (Å²) in [5.74, 6) is 1.64. The lowest BCUT2D eigenvalue weighted by Crippen LogP contribution is -2.29. The lowest BCUT2D eigenvalue weighted by Gasteiger charge is -2.25. The Bertz CT molecular complexity index is 300. The standard InChI is InChI=1S/C11H20N4/c1-5-6-9(2)15(4)10-7-8-13-11(12-3)14-10/h7-9H,5-6H2,1-4H3,(H,12,13,14). The van der Waals surface area contributed by atoms with Crippen molar-refractivity contribution < 1.29 is 0 Å². The van der Waals surface area contributed by atoms with Crippen molar-refractivity contribution >= 4 is 11.8 Å². The summed E-state index contributed by atoms with van der Waals surface area (Å²) in [6.45, 7) is 4.41. The lowest BCUT2D eigenvalue weighted by atomic mass is 10.2. The third kappa shape index (κ3) is 3.08. The molecular formula is C11H20N4. The van der Waals surface area contributed by atoms with Crippen LogP contribution >= 0.6 is 0 Å². The number of nitrogens with zero attached hydrogens (tertiary/aromatic N) is 3. The average molecular weight is 208 g/mol. The molecule has 0 aliphatic carbocycles. The molecule has 0 saturated heterocycles. The maximum atomic E-state index is 4.40. The summed E-state index contributed by atoms with van der Waals surface area (Å²) in [5.41, 5.74) is 0. The van der Waals surface area contributed by atoms with Crippen molar-refractivity contribution in [3.05, 3.63) is 12.3 Å². The fourth-order valence-corrected chi connectivity index (χ4v) is 1.50. The van der Waals surface area contributed by atoms with E-state index < -0.39 is 0 Å². The Morgan fingerprint density at radius 1 is 1.53 bits per heavy atom. The van der Waals surface area contributed by atoms with Crippen LogP contribution in [0.25, 0.3) is 0 Å². The van der Waals surface area contributed by atoms with Gasteiger partial charge >= 0.3 is 0 Å². The van der Waals surface area contributed by atoms with E-state index in [9.17, 15) is 0 Å². The second-order valence-electron chi connectivity index (χ2n) is 3.74. The zero-order valence-corrected chi connectivity index (χ0v) is 9.99. The molecule has 0 saturated carbocycles. The molecule has 0 aliphatic rings. The van der Waals surface area contributed by atoms with Crippen LogP contribution < -0.4 is 10.2 Å². The first-order chi connectivity index (χ1) is 7.19. The van der Waals surface area contributed by atoms with Gasteiger partial charge in [0.25, 0.3) is 0 Å². The predicted octanol–water partition coefficient (Wildman–Crippen LogP) is 2.14. The van der Waals surface area contributed by atoms with E-state index >= 15 is 0 Å². The van der Waals surface area contributed by atoms with E-state index in [-0.39, 0.29) is 0 Å². The van der Waals surface area contributed by atoms with E-state index in [2.05, 4.69) is 41.1 Å². The van der Waals surface area contributed by atoms with Crippen molar-refractivity contribution in [2.45, 2.75) is 32.7 Å². The van der Waals surface area contributed by atoms with E-state index in [1.165, 1.54) is 12.8 Å². The highest BCUT2D eigenvalue weighted by atomic mass is 15.2. The Kier molecular flexibility index (Phi) is 4.34. The predicted molar refractivity (Wildman–Crippen MR) is 64.4 cm³/mol. The van der Waals surface area contributed by atoms with E-state index in [0.717, 1.165) is 5.82 Å². The Labute approximate surface area is 91.7 Å². The Morgan fingerprint density at radius 3 is 2.87 bits per heavy atom. The first-order valence-corrected chi connectivity index (χ1v) is 5.42. The molecule has 0 spiro atoms. The van der Waals surface area contributed by atoms with Gasteiger partial charge in [-0.25, -0.2) is 4.98 Å². The molecule has 1 aromatic heterocycles. The summed E-state index contributed by atoms with van der Waals surface area (Å²) in [5, 5.41) is 2.94. The van der Waals surface area contributed by atoms with Gasteiger partial charge in [-0.05, 0) is 19.4 Å². The van der Waals surface area contributed by atoms with E-state index in [1.54, 1.807) is 6.20 Å². The van der Waals surface area contributed by atoms with Gasteiger partial charge in [-0.1, -0.05) is 13.3 Å². The van der Waals surface area contributed by atoms with E-state index in [1.807, 2.05) is 13.1 Å². The largest absolute Gasteiger partial charge is 0.357 e. The number of rotatable bonds is 5. The zero-order valence-electron chi connectivity index (χ0n) is 9.99. The normalized spacial score (nSPS) is 12.3. The third-order valence-electron chi connectivity index (χ3n) is 2.59. The molecule has 4 heteroatoms. The van der Waals surface area contributed by atoms with Crippen LogP contribution in [0.2, 0.25) is 0 Å². The molecule has 0 amide bonds. The maximum absolute atomic E-state index is 4.40. The van der Waals surface area contributed by atoms with Crippen molar-refractivity contribution in [3.8, 4) is 0 Å². The molecule has 1 unspecified atom stereocenters. The maximum Gasteiger partial charge on any atom is 0.224 e.